The van der Waals surface area contributed by atoms with Crippen LogP contribution in [0.3, 0.4) is 0 Å². The molecule has 2 aromatic carbocycles. The van der Waals surface area contributed by atoms with Crippen LogP contribution < -0.4 is 10.2 Å². The summed E-state index contributed by atoms with van der Waals surface area (Å²) in [6.45, 7) is 7.63. The van der Waals surface area contributed by atoms with E-state index in [0.717, 1.165) is 19.4 Å². The summed E-state index contributed by atoms with van der Waals surface area (Å²) in [7, 11) is 1.57. The number of amides is 2. The Bertz CT molecular complexity index is 1690. The van der Waals surface area contributed by atoms with Crippen LogP contribution in [-0.4, -0.2) is 91.8 Å². The van der Waals surface area contributed by atoms with Gasteiger partial charge in [-0.3, -0.25) is 19.8 Å². The van der Waals surface area contributed by atoms with E-state index < -0.39 is 11.3 Å². The molecule has 0 saturated carbocycles. The van der Waals surface area contributed by atoms with Crippen LogP contribution in [0.5, 0.6) is 5.75 Å². The number of aryl methyl sites for hydroxylation is 2. The number of rotatable bonds is 9. The van der Waals surface area contributed by atoms with Gasteiger partial charge < -0.3 is 14.5 Å². The van der Waals surface area contributed by atoms with E-state index >= 15 is 0 Å². The number of carbonyl (C=O) groups is 2. The highest BCUT2D eigenvalue weighted by atomic mass is 16.5. The number of pyridine rings is 1. The third-order valence-electron chi connectivity index (χ3n) is 10.1. The van der Waals surface area contributed by atoms with Crippen LogP contribution in [0.1, 0.15) is 58.4 Å². The molecule has 12 heteroatoms. The number of tetrazole rings is 1. The van der Waals surface area contributed by atoms with E-state index in [1.807, 2.05) is 34.6 Å². The Hall–Kier alpha value is -4.68. The molecule has 12 nitrogen and oxygen atoms in total. The molecule has 4 heterocycles. The largest absolute Gasteiger partial charge is 0.496 e. The molecule has 4 aromatic rings. The van der Waals surface area contributed by atoms with E-state index in [0.29, 0.717) is 61.7 Å². The van der Waals surface area contributed by atoms with Crippen LogP contribution in [0.2, 0.25) is 0 Å². The molecule has 2 aliphatic heterocycles. The normalized spacial score (nSPS) is 19.6. The highest BCUT2D eigenvalue weighted by molar-refractivity contribution is 5.98. The maximum Gasteiger partial charge on any atom is 0.257 e. The second kappa shape index (κ2) is 13.0. The number of likely N-dealkylation sites (tertiary alicyclic amines) is 2. The third-order valence-corrected chi connectivity index (χ3v) is 10.1. The molecule has 1 unspecified atom stereocenters. The molecule has 46 heavy (non-hydrogen) atoms. The van der Waals surface area contributed by atoms with Gasteiger partial charge in [-0.1, -0.05) is 24.3 Å². The van der Waals surface area contributed by atoms with E-state index in [4.69, 9.17) is 4.74 Å². The smallest absolute Gasteiger partial charge is 0.257 e. The molecular formula is C34H40N8O4. The van der Waals surface area contributed by atoms with Crippen molar-refractivity contribution in [1.82, 2.24) is 40.5 Å². The van der Waals surface area contributed by atoms with Gasteiger partial charge in [0.25, 0.3) is 11.8 Å². The van der Waals surface area contributed by atoms with Crippen molar-refractivity contribution in [2.45, 2.75) is 50.4 Å². The lowest BCUT2D eigenvalue weighted by Gasteiger charge is -2.41. The van der Waals surface area contributed by atoms with E-state index in [1.165, 1.54) is 27.7 Å². The molecule has 0 radical (unpaired) electrons. The molecule has 6 rings (SSSR count). The molecule has 2 amide bonds. The molecule has 2 fully saturated rings. The lowest BCUT2D eigenvalue weighted by Crippen LogP contribution is -2.52. The van der Waals surface area contributed by atoms with Crippen molar-refractivity contribution >= 4 is 11.8 Å². The zero-order valence-corrected chi connectivity index (χ0v) is 26.5. The number of hydrogen-bond donors (Lipinski definition) is 2. The summed E-state index contributed by atoms with van der Waals surface area (Å²) in [5.74, 6) is -0.00489. The first-order valence-corrected chi connectivity index (χ1v) is 15.7. The minimum atomic E-state index is -0.870. The standard InChI is InChI=1S/C34H40N8O4/c1-24-7-8-26(20-25(24)2)33(11-16-40-17-13-34(14-18-40,32(44)37-45)30-6-4-5-15-35-30)12-19-41(22-33)31(43)28-21-27(9-10-29(28)46-3)42-23-36-38-39-42/h4-10,15,20-21,23,45H,11-14,16-19,22H2,1-3H3,(H,37,44). The molecule has 2 aliphatic rings. The average Bonchev–Trinajstić information content (AvgIpc) is 3.80. The van der Waals surface area contributed by atoms with E-state index in [-0.39, 0.29) is 11.3 Å². The number of carbonyl (C=O) groups excluding carboxylic acids is 2. The lowest BCUT2D eigenvalue weighted by atomic mass is 9.73. The number of ether oxygens (including phenoxy) is 1. The summed E-state index contributed by atoms with van der Waals surface area (Å²) >= 11 is 0. The fraction of sp³-hybridized carbons (Fsp3) is 0.412. The second-order valence-corrected chi connectivity index (χ2v) is 12.5. The van der Waals surface area contributed by atoms with E-state index in [9.17, 15) is 14.8 Å². The summed E-state index contributed by atoms with van der Waals surface area (Å²) in [6.07, 6.45) is 5.96. The van der Waals surface area contributed by atoms with Gasteiger partial charge in [0.15, 0.2) is 0 Å². The van der Waals surface area contributed by atoms with Crippen LogP contribution in [0.15, 0.2) is 67.1 Å². The van der Waals surface area contributed by atoms with Gasteiger partial charge in [0.1, 0.15) is 12.1 Å². The number of nitrogens with one attached hydrogen (secondary N) is 1. The highest BCUT2D eigenvalue weighted by Crippen LogP contribution is 2.41. The van der Waals surface area contributed by atoms with Gasteiger partial charge >= 0.3 is 0 Å². The Kier molecular flexibility index (Phi) is 8.83. The first-order chi connectivity index (χ1) is 22.3. The van der Waals surface area contributed by atoms with Crippen molar-refractivity contribution < 1.29 is 19.5 Å². The molecule has 1 atom stereocenters. The molecular weight excluding hydrogens is 584 g/mol. The number of benzene rings is 2. The molecule has 0 bridgehead atoms. The first-order valence-electron chi connectivity index (χ1n) is 15.7. The average molecular weight is 625 g/mol. The van der Waals surface area contributed by atoms with Crippen LogP contribution in [0.25, 0.3) is 5.69 Å². The zero-order valence-electron chi connectivity index (χ0n) is 26.5. The van der Waals surface area contributed by atoms with E-state index in [2.05, 4.69) is 57.5 Å². The Balaban J connectivity index is 1.23. The van der Waals surface area contributed by atoms with Crippen molar-refractivity contribution in [3.63, 3.8) is 0 Å². The highest BCUT2D eigenvalue weighted by Gasteiger charge is 2.46. The number of methoxy groups -OCH3 is 1. The summed E-state index contributed by atoms with van der Waals surface area (Å²) < 4.78 is 7.12. The van der Waals surface area contributed by atoms with Gasteiger partial charge in [-0.15, -0.1) is 5.10 Å². The van der Waals surface area contributed by atoms with Crippen molar-refractivity contribution in [1.29, 1.82) is 0 Å². The monoisotopic (exact) mass is 624 g/mol. The summed E-state index contributed by atoms with van der Waals surface area (Å²) in [6, 6.07) is 17.6. The van der Waals surface area contributed by atoms with Gasteiger partial charge in [-0.05, 0) is 117 Å². The molecule has 0 aliphatic carbocycles. The second-order valence-electron chi connectivity index (χ2n) is 12.5. The van der Waals surface area contributed by atoms with Crippen LogP contribution >= 0.6 is 0 Å². The third kappa shape index (κ3) is 5.85. The fourth-order valence-corrected chi connectivity index (χ4v) is 7.04. The van der Waals surface area contributed by atoms with Crippen molar-refractivity contribution in [3.05, 3.63) is 95.1 Å². The zero-order chi connectivity index (χ0) is 32.3. The van der Waals surface area contributed by atoms with Gasteiger partial charge in [0.2, 0.25) is 0 Å². The summed E-state index contributed by atoms with van der Waals surface area (Å²) in [5.41, 5.74) is 6.30. The number of hydroxylamine groups is 1. The Morgan fingerprint density at radius 3 is 2.50 bits per heavy atom. The Morgan fingerprint density at radius 2 is 1.83 bits per heavy atom. The van der Waals surface area contributed by atoms with Crippen molar-refractivity contribution in [2.75, 3.05) is 39.8 Å². The Labute approximate surface area is 268 Å². The number of nitrogens with zero attached hydrogens (tertiary/aromatic N) is 7. The SMILES string of the molecule is COc1ccc(-n2cnnn2)cc1C(=O)N1CCC(CCN2CCC(C(=O)NO)(c3ccccn3)CC2)(c2ccc(C)c(C)c2)C1. The van der Waals surface area contributed by atoms with E-state index in [1.54, 1.807) is 25.4 Å². The molecule has 0 spiro atoms. The first kappa shape index (κ1) is 31.3. The van der Waals surface area contributed by atoms with Gasteiger partial charge in [-0.2, -0.15) is 0 Å². The minimum Gasteiger partial charge on any atom is -0.496 e. The van der Waals surface area contributed by atoms with Crippen LogP contribution in [0.4, 0.5) is 0 Å². The summed E-state index contributed by atoms with van der Waals surface area (Å²) in [5, 5.41) is 21.0. The van der Waals surface area contributed by atoms with Gasteiger partial charge in [-0.25, -0.2) is 10.2 Å². The number of aromatic nitrogens is 5. The van der Waals surface area contributed by atoms with Crippen molar-refractivity contribution in [3.8, 4) is 11.4 Å². The topological polar surface area (TPSA) is 139 Å². The minimum absolute atomic E-state index is 0.0920. The maximum absolute atomic E-state index is 14.1. The maximum atomic E-state index is 14.1. The van der Waals surface area contributed by atoms with Gasteiger partial charge in [0, 0.05) is 24.7 Å². The number of piperidine rings is 1. The Morgan fingerprint density at radius 1 is 1.00 bits per heavy atom. The molecule has 2 N–H and O–H groups in total. The predicted octanol–water partition coefficient (Wildman–Crippen LogP) is 3.40. The summed E-state index contributed by atoms with van der Waals surface area (Å²) in [4.78, 5) is 35.8. The molecule has 2 aromatic heterocycles. The molecule has 2 saturated heterocycles. The quantitative estimate of drug-likeness (QED) is 0.212. The van der Waals surface area contributed by atoms with Gasteiger partial charge in [0.05, 0.1) is 29.5 Å². The lowest BCUT2D eigenvalue weighted by molar-refractivity contribution is -0.137. The number of hydrogen-bond acceptors (Lipinski definition) is 9. The van der Waals surface area contributed by atoms with Crippen LogP contribution in [0, 0.1) is 13.8 Å². The fourth-order valence-electron chi connectivity index (χ4n) is 7.04. The van der Waals surface area contributed by atoms with Crippen molar-refractivity contribution in [2.24, 2.45) is 0 Å². The molecule has 240 valence electrons. The van der Waals surface area contributed by atoms with Crippen LogP contribution in [-0.2, 0) is 15.6 Å². The predicted molar refractivity (Wildman–Crippen MR) is 170 cm³/mol.